The number of rotatable bonds is 5. The zero-order valence-corrected chi connectivity index (χ0v) is 18.0. The monoisotopic (exact) mass is 429 g/mol. The molecule has 0 bridgehead atoms. The van der Waals surface area contributed by atoms with E-state index in [-0.39, 0.29) is 5.76 Å². The highest BCUT2D eigenvalue weighted by atomic mass is 16.5. The highest BCUT2D eigenvalue weighted by Gasteiger charge is 2.42. The maximum Gasteiger partial charge on any atom is 0.337 e. The molecule has 4 rings (SSSR count). The molecule has 1 heterocycles. The third kappa shape index (κ3) is 3.71. The number of esters is 1. The van der Waals surface area contributed by atoms with Crippen LogP contribution in [0.15, 0.2) is 78.6 Å². The van der Waals surface area contributed by atoms with Crippen molar-refractivity contribution in [2.75, 3.05) is 19.1 Å². The first-order valence-electron chi connectivity index (χ1n) is 10.1. The quantitative estimate of drug-likeness (QED) is 0.587. The summed E-state index contributed by atoms with van der Waals surface area (Å²) in [6, 6.07) is 21.0. The second-order valence-corrected chi connectivity index (χ2v) is 7.52. The van der Waals surface area contributed by atoms with E-state index in [2.05, 4.69) is 0 Å². The number of aryl methyl sites for hydroxylation is 1. The number of aliphatic hydroxyl groups is 1. The van der Waals surface area contributed by atoms with E-state index in [4.69, 9.17) is 9.47 Å². The summed E-state index contributed by atoms with van der Waals surface area (Å²) in [7, 11) is 2.91. The van der Waals surface area contributed by atoms with Crippen molar-refractivity contribution in [3.8, 4) is 5.75 Å². The molecular formula is C26H23NO5. The number of methoxy groups -OCH3 is 2. The molecule has 1 amide bonds. The molecule has 0 saturated carbocycles. The van der Waals surface area contributed by atoms with E-state index >= 15 is 0 Å². The first kappa shape index (κ1) is 21.2. The Labute approximate surface area is 186 Å². The second-order valence-electron chi connectivity index (χ2n) is 7.52. The molecule has 0 fully saturated rings. The van der Waals surface area contributed by atoms with Gasteiger partial charge in [-0.2, -0.15) is 0 Å². The molecular weight excluding hydrogens is 406 g/mol. The van der Waals surface area contributed by atoms with Crippen LogP contribution in [0.3, 0.4) is 0 Å². The van der Waals surface area contributed by atoms with Gasteiger partial charge in [0.2, 0.25) is 0 Å². The summed E-state index contributed by atoms with van der Waals surface area (Å²) in [5.41, 5.74) is 4.07. The van der Waals surface area contributed by atoms with E-state index in [1.54, 1.807) is 48.4 Å². The Bertz CT molecular complexity index is 1180. The lowest BCUT2D eigenvalue weighted by Gasteiger charge is -2.27. The predicted molar refractivity (Wildman–Crippen MR) is 122 cm³/mol. The van der Waals surface area contributed by atoms with Crippen LogP contribution in [0.2, 0.25) is 0 Å². The molecule has 1 atom stereocenters. The van der Waals surface area contributed by atoms with Crippen LogP contribution >= 0.6 is 0 Å². The molecule has 6 heteroatoms. The number of anilines is 1. The minimum absolute atomic E-state index is 0.308. The molecule has 1 aliphatic rings. The van der Waals surface area contributed by atoms with Gasteiger partial charge in [0.25, 0.3) is 5.91 Å². The van der Waals surface area contributed by atoms with Gasteiger partial charge in [-0.3, -0.25) is 9.69 Å². The average molecular weight is 429 g/mol. The average Bonchev–Trinajstić information content (AvgIpc) is 3.09. The van der Waals surface area contributed by atoms with E-state index in [0.717, 1.165) is 11.1 Å². The number of benzene rings is 3. The van der Waals surface area contributed by atoms with Crippen LogP contribution in [0.5, 0.6) is 5.75 Å². The van der Waals surface area contributed by atoms with Crippen molar-refractivity contribution in [3.63, 3.8) is 0 Å². The third-order valence-corrected chi connectivity index (χ3v) is 5.57. The van der Waals surface area contributed by atoms with Gasteiger partial charge in [0, 0.05) is 11.3 Å². The molecule has 162 valence electrons. The number of carbonyl (C=O) groups is 2. The van der Waals surface area contributed by atoms with Crippen LogP contribution in [0.1, 0.15) is 33.1 Å². The molecule has 1 aliphatic heterocycles. The minimum atomic E-state index is -0.578. The van der Waals surface area contributed by atoms with Crippen molar-refractivity contribution in [1.82, 2.24) is 0 Å². The summed E-state index contributed by atoms with van der Waals surface area (Å²) in [6.45, 7) is 1.97. The van der Waals surface area contributed by atoms with Gasteiger partial charge in [0.1, 0.15) is 5.75 Å². The number of aliphatic hydroxyl groups excluding tert-OH is 1. The van der Waals surface area contributed by atoms with Crippen LogP contribution in [0, 0.1) is 6.92 Å². The van der Waals surface area contributed by atoms with Crippen molar-refractivity contribution in [2.45, 2.75) is 13.0 Å². The first-order chi connectivity index (χ1) is 15.4. The van der Waals surface area contributed by atoms with Gasteiger partial charge >= 0.3 is 5.97 Å². The van der Waals surface area contributed by atoms with Gasteiger partial charge in [-0.25, -0.2) is 4.79 Å². The van der Waals surface area contributed by atoms with E-state index in [9.17, 15) is 14.7 Å². The number of hydrogen-bond acceptors (Lipinski definition) is 5. The van der Waals surface area contributed by atoms with Gasteiger partial charge in [-0.15, -0.1) is 0 Å². The number of carbonyl (C=O) groups excluding carboxylic acids is 2. The molecule has 0 unspecified atom stereocenters. The smallest absolute Gasteiger partial charge is 0.337 e. The number of nitrogens with zero attached hydrogens (tertiary/aromatic N) is 1. The summed E-state index contributed by atoms with van der Waals surface area (Å²) in [6.07, 6.45) is 0. The molecule has 1 N–H and O–H groups in total. The normalized spacial score (nSPS) is 15.8. The molecule has 0 aliphatic carbocycles. The number of hydrogen-bond donors (Lipinski definition) is 1. The highest BCUT2D eigenvalue weighted by molar-refractivity contribution is 6.16. The van der Waals surface area contributed by atoms with E-state index < -0.39 is 17.9 Å². The molecule has 3 aromatic rings. The molecule has 3 aromatic carbocycles. The lowest BCUT2D eigenvalue weighted by Crippen LogP contribution is -2.30. The zero-order valence-electron chi connectivity index (χ0n) is 18.0. The van der Waals surface area contributed by atoms with Crippen molar-refractivity contribution in [2.24, 2.45) is 0 Å². The van der Waals surface area contributed by atoms with Crippen molar-refractivity contribution >= 4 is 23.1 Å². The van der Waals surface area contributed by atoms with Crippen LogP contribution in [-0.2, 0) is 9.53 Å². The Morgan fingerprint density at radius 3 is 2.09 bits per heavy atom. The largest absolute Gasteiger partial charge is 0.503 e. The summed E-state index contributed by atoms with van der Waals surface area (Å²) in [5, 5.41) is 10.9. The molecule has 6 nitrogen and oxygen atoms in total. The van der Waals surface area contributed by atoms with Crippen LogP contribution in [0.25, 0.3) is 5.57 Å². The highest BCUT2D eigenvalue weighted by Crippen LogP contribution is 2.45. The maximum atomic E-state index is 13.2. The van der Waals surface area contributed by atoms with Gasteiger partial charge < -0.3 is 14.6 Å². The zero-order chi connectivity index (χ0) is 22.8. The Morgan fingerprint density at radius 2 is 1.53 bits per heavy atom. The summed E-state index contributed by atoms with van der Waals surface area (Å²) in [5.74, 6) is -0.560. The minimum Gasteiger partial charge on any atom is -0.503 e. The number of amides is 1. The molecule has 0 spiro atoms. The van der Waals surface area contributed by atoms with Crippen LogP contribution < -0.4 is 9.64 Å². The fourth-order valence-corrected chi connectivity index (χ4v) is 3.88. The summed E-state index contributed by atoms with van der Waals surface area (Å²) >= 11 is 0. The van der Waals surface area contributed by atoms with Crippen molar-refractivity contribution in [3.05, 3.63) is 101 Å². The van der Waals surface area contributed by atoms with Gasteiger partial charge in [0.15, 0.2) is 5.76 Å². The summed E-state index contributed by atoms with van der Waals surface area (Å²) < 4.78 is 10.0. The fraction of sp³-hybridized carbons (Fsp3) is 0.154. The molecule has 0 radical (unpaired) electrons. The Kier molecular flexibility index (Phi) is 5.69. The predicted octanol–water partition coefficient (Wildman–Crippen LogP) is 4.85. The maximum absolute atomic E-state index is 13.2. The van der Waals surface area contributed by atoms with E-state index in [0.29, 0.717) is 28.1 Å². The van der Waals surface area contributed by atoms with Crippen molar-refractivity contribution < 1.29 is 24.2 Å². The third-order valence-electron chi connectivity index (χ3n) is 5.57. The van der Waals surface area contributed by atoms with Gasteiger partial charge in [0.05, 0.1) is 25.8 Å². The molecule has 32 heavy (non-hydrogen) atoms. The van der Waals surface area contributed by atoms with Crippen LogP contribution in [-0.4, -0.2) is 31.2 Å². The fourth-order valence-electron chi connectivity index (χ4n) is 3.88. The standard InChI is InChI=1S/C26H23NO5/c1-16-4-12-20(13-5-16)27-23(18-6-8-19(9-7-18)26(30)32-3)22(24(28)25(27)29)17-10-14-21(31-2)15-11-17/h4-15,23,28H,1-3H3/t23-/m1/s1. The second kappa shape index (κ2) is 8.59. The van der Waals surface area contributed by atoms with Gasteiger partial charge in [-0.05, 0) is 54.4 Å². The Hall–Kier alpha value is -4.06. The van der Waals surface area contributed by atoms with E-state index in [1.807, 2.05) is 43.3 Å². The van der Waals surface area contributed by atoms with Gasteiger partial charge in [-0.1, -0.05) is 42.0 Å². The van der Waals surface area contributed by atoms with E-state index in [1.165, 1.54) is 7.11 Å². The summed E-state index contributed by atoms with van der Waals surface area (Å²) in [4.78, 5) is 26.7. The Balaban J connectivity index is 1.85. The lowest BCUT2D eigenvalue weighted by atomic mass is 9.92. The lowest BCUT2D eigenvalue weighted by molar-refractivity contribution is -0.117. The number of ether oxygens (including phenoxy) is 2. The Morgan fingerprint density at radius 1 is 0.906 bits per heavy atom. The molecule has 0 saturated heterocycles. The van der Waals surface area contributed by atoms with Crippen molar-refractivity contribution in [1.29, 1.82) is 0 Å². The topological polar surface area (TPSA) is 76.1 Å². The first-order valence-corrected chi connectivity index (χ1v) is 10.1. The molecule has 0 aromatic heterocycles. The SMILES string of the molecule is COC(=O)c1ccc([C@@H]2C(c3ccc(OC)cc3)=C(O)C(=O)N2c2ccc(C)cc2)cc1. The van der Waals surface area contributed by atoms with Crippen LogP contribution in [0.4, 0.5) is 5.69 Å².